The molecule has 0 saturated heterocycles. The van der Waals surface area contributed by atoms with E-state index in [0.29, 0.717) is 6.04 Å². The van der Waals surface area contributed by atoms with Crippen molar-refractivity contribution in [3.8, 4) is 0 Å². The number of hydrogen-bond donors (Lipinski definition) is 1. The Bertz CT molecular complexity index is 381. The van der Waals surface area contributed by atoms with E-state index >= 15 is 0 Å². The van der Waals surface area contributed by atoms with Crippen LogP contribution in [-0.2, 0) is 6.54 Å². The Morgan fingerprint density at radius 1 is 1.26 bits per heavy atom. The van der Waals surface area contributed by atoms with E-state index in [4.69, 9.17) is 0 Å². The molecular weight excluding hydrogens is 234 g/mol. The number of hydrogen-bond acceptors (Lipinski definition) is 2. The number of nitrogens with zero attached hydrogens (tertiary/aromatic N) is 2. The molecule has 3 heteroatoms. The summed E-state index contributed by atoms with van der Waals surface area (Å²) in [6, 6.07) is 0.631. The molecule has 1 N–H and O–H groups in total. The van der Waals surface area contributed by atoms with Crippen molar-refractivity contribution in [2.24, 2.45) is 5.92 Å². The van der Waals surface area contributed by atoms with Gasteiger partial charge < -0.3 is 5.32 Å². The molecule has 0 radical (unpaired) electrons. The first-order chi connectivity index (χ1) is 8.98. The third-order valence-electron chi connectivity index (χ3n) is 4.25. The average molecular weight is 263 g/mol. The Morgan fingerprint density at radius 2 is 1.95 bits per heavy atom. The smallest absolute Gasteiger partial charge is 0.0534 e. The van der Waals surface area contributed by atoms with Gasteiger partial charge >= 0.3 is 0 Å². The minimum absolute atomic E-state index is 0.168. The summed E-state index contributed by atoms with van der Waals surface area (Å²) in [5.41, 5.74) is 1.47. The van der Waals surface area contributed by atoms with Crippen LogP contribution in [0.3, 0.4) is 0 Å². The van der Waals surface area contributed by atoms with Crippen molar-refractivity contribution in [1.29, 1.82) is 0 Å². The van der Waals surface area contributed by atoms with Crippen LogP contribution in [0, 0.1) is 5.92 Å². The maximum atomic E-state index is 4.57. The molecule has 0 aromatic carbocycles. The van der Waals surface area contributed by atoms with E-state index in [1.807, 2.05) is 6.20 Å². The summed E-state index contributed by atoms with van der Waals surface area (Å²) in [5.74, 6) is 0.953. The van der Waals surface area contributed by atoms with Crippen molar-refractivity contribution >= 4 is 0 Å². The maximum Gasteiger partial charge on any atom is 0.0534 e. The average Bonchev–Trinajstić information content (AvgIpc) is 2.84. The summed E-state index contributed by atoms with van der Waals surface area (Å²) in [6.45, 7) is 9.82. The van der Waals surface area contributed by atoms with Gasteiger partial charge in [0.05, 0.1) is 12.2 Å². The molecule has 0 spiro atoms. The van der Waals surface area contributed by atoms with Crippen LogP contribution in [-0.4, -0.2) is 15.3 Å². The summed E-state index contributed by atoms with van der Waals surface area (Å²) in [6.07, 6.45) is 10.9. The fourth-order valence-corrected chi connectivity index (χ4v) is 2.85. The number of aromatic nitrogens is 2. The van der Waals surface area contributed by atoms with E-state index in [1.165, 1.54) is 37.7 Å². The highest BCUT2D eigenvalue weighted by molar-refractivity contribution is 5.05. The molecule has 0 aliphatic heterocycles. The van der Waals surface area contributed by atoms with E-state index in [2.05, 4.69) is 49.0 Å². The van der Waals surface area contributed by atoms with Gasteiger partial charge in [0.2, 0.25) is 0 Å². The van der Waals surface area contributed by atoms with Crippen LogP contribution in [0.15, 0.2) is 12.4 Å². The zero-order valence-electron chi connectivity index (χ0n) is 12.9. The summed E-state index contributed by atoms with van der Waals surface area (Å²) in [5, 5.41) is 8.09. The molecule has 108 valence electrons. The molecule has 1 aliphatic rings. The van der Waals surface area contributed by atoms with Gasteiger partial charge in [0.1, 0.15) is 0 Å². The number of rotatable bonds is 4. The second kappa shape index (κ2) is 6.08. The first-order valence-corrected chi connectivity index (χ1v) is 7.76. The zero-order chi connectivity index (χ0) is 13.9. The minimum atomic E-state index is 0.168. The number of nitrogens with one attached hydrogen (secondary N) is 1. The molecule has 0 bridgehead atoms. The molecule has 0 atom stereocenters. The van der Waals surface area contributed by atoms with Crippen molar-refractivity contribution in [3.63, 3.8) is 0 Å². The predicted molar refractivity (Wildman–Crippen MR) is 80.1 cm³/mol. The molecule has 1 aliphatic carbocycles. The molecular formula is C16H29N3. The minimum Gasteiger partial charge on any atom is -0.308 e. The molecule has 0 amide bonds. The third-order valence-corrected chi connectivity index (χ3v) is 4.25. The van der Waals surface area contributed by atoms with Gasteiger partial charge in [-0.15, -0.1) is 0 Å². The molecule has 1 aromatic heterocycles. The molecule has 1 saturated carbocycles. The van der Waals surface area contributed by atoms with Crippen molar-refractivity contribution in [2.75, 3.05) is 0 Å². The van der Waals surface area contributed by atoms with Crippen LogP contribution in [0.5, 0.6) is 0 Å². The molecule has 1 heterocycles. The Morgan fingerprint density at radius 3 is 2.53 bits per heavy atom. The van der Waals surface area contributed by atoms with Crippen LogP contribution < -0.4 is 5.32 Å². The first kappa shape index (κ1) is 14.6. The predicted octanol–water partition coefficient (Wildman–Crippen LogP) is 3.91. The highest BCUT2D eigenvalue weighted by atomic mass is 15.3. The van der Waals surface area contributed by atoms with Crippen molar-refractivity contribution in [3.05, 3.63) is 18.0 Å². The lowest BCUT2D eigenvalue weighted by atomic mass is 9.85. The van der Waals surface area contributed by atoms with Crippen molar-refractivity contribution < 1.29 is 0 Å². The Hall–Kier alpha value is -0.830. The second-order valence-electron chi connectivity index (χ2n) is 7.01. The fourth-order valence-electron chi connectivity index (χ4n) is 2.85. The van der Waals surface area contributed by atoms with E-state index in [-0.39, 0.29) is 5.54 Å². The van der Waals surface area contributed by atoms with E-state index in [0.717, 1.165) is 12.5 Å². The monoisotopic (exact) mass is 263 g/mol. The standard InChI is InChI=1S/C16H29N3/c1-5-13-6-8-15(9-7-13)19-12-14(11-18-19)10-17-16(2,3)4/h11-13,15,17H,5-10H2,1-4H3. The van der Waals surface area contributed by atoms with Crippen LogP contribution in [0.1, 0.15) is 71.4 Å². The molecule has 3 nitrogen and oxygen atoms in total. The Balaban J connectivity index is 1.87. The topological polar surface area (TPSA) is 29.9 Å². The van der Waals surface area contributed by atoms with Gasteiger partial charge in [-0.1, -0.05) is 13.3 Å². The summed E-state index contributed by atoms with van der Waals surface area (Å²) < 4.78 is 2.20. The highest BCUT2D eigenvalue weighted by Gasteiger charge is 2.21. The third kappa shape index (κ3) is 4.34. The largest absolute Gasteiger partial charge is 0.308 e. The molecule has 2 rings (SSSR count). The SMILES string of the molecule is CCC1CCC(n2cc(CNC(C)(C)C)cn2)CC1. The van der Waals surface area contributed by atoms with Gasteiger partial charge in [-0.2, -0.15) is 5.10 Å². The van der Waals surface area contributed by atoms with E-state index < -0.39 is 0 Å². The van der Waals surface area contributed by atoms with Gasteiger partial charge in [0.15, 0.2) is 0 Å². The van der Waals surface area contributed by atoms with Crippen LogP contribution in [0.25, 0.3) is 0 Å². The van der Waals surface area contributed by atoms with Gasteiger partial charge in [-0.25, -0.2) is 0 Å². The van der Waals surface area contributed by atoms with E-state index in [9.17, 15) is 0 Å². The van der Waals surface area contributed by atoms with Gasteiger partial charge in [-0.05, 0) is 52.4 Å². The van der Waals surface area contributed by atoms with Crippen molar-refractivity contribution in [1.82, 2.24) is 15.1 Å². The lowest BCUT2D eigenvalue weighted by Crippen LogP contribution is -2.34. The fraction of sp³-hybridized carbons (Fsp3) is 0.812. The van der Waals surface area contributed by atoms with Gasteiger partial charge in [0, 0.05) is 23.8 Å². The van der Waals surface area contributed by atoms with E-state index in [1.54, 1.807) is 0 Å². The highest BCUT2D eigenvalue weighted by Crippen LogP contribution is 2.33. The Kier molecular flexibility index (Phi) is 4.67. The Labute approximate surface area is 117 Å². The quantitative estimate of drug-likeness (QED) is 0.892. The lowest BCUT2D eigenvalue weighted by Gasteiger charge is -2.27. The molecule has 1 aromatic rings. The van der Waals surface area contributed by atoms with Crippen LogP contribution in [0.2, 0.25) is 0 Å². The normalized spacial score (nSPS) is 24.6. The summed E-state index contributed by atoms with van der Waals surface area (Å²) in [7, 11) is 0. The molecule has 0 unspecified atom stereocenters. The van der Waals surface area contributed by atoms with Gasteiger partial charge in [0.25, 0.3) is 0 Å². The van der Waals surface area contributed by atoms with Crippen molar-refractivity contribution in [2.45, 2.75) is 77.9 Å². The lowest BCUT2D eigenvalue weighted by molar-refractivity contribution is 0.256. The maximum absolute atomic E-state index is 4.57. The summed E-state index contributed by atoms with van der Waals surface area (Å²) in [4.78, 5) is 0. The molecule has 1 fully saturated rings. The zero-order valence-corrected chi connectivity index (χ0v) is 12.9. The van der Waals surface area contributed by atoms with Crippen LogP contribution >= 0.6 is 0 Å². The second-order valence-corrected chi connectivity index (χ2v) is 7.01. The summed E-state index contributed by atoms with van der Waals surface area (Å²) >= 11 is 0. The van der Waals surface area contributed by atoms with Gasteiger partial charge in [-0.3, -0.25) is 4.68 Å². The van der Waals surface area contributed by atoms with Crippen LogP contribution in [0.4, 0.5) is 0 Å². The molecule has 19 heavy (non-hydrogen) atoms. The first-order valence-electron chi connectivity index (χ1n) is 7.76.